The summed E-state index contributed by atoms with van der Waals surface area (Å²) in [6.45, 7) is 10.4. The van der Waals surface area contributed by atoms with E-state index in [2.05, 4.69) is 20.9 Å². The number of anilines is 1. The lowest BCUT2D eigenvalue weighted by atomic mass is 9.79. The Morgan fingerprint density at radius 1 is 1.07 bits per heavy atom. The molecule has 1 heterocycles. The highest BCUT2D eigenvalue weighted by molar-refractivity contribution is 9.10. The summed E-state index contributed by atoms with van der Waals surface area (Å²) in [5.41, 5.74) is 0.541. The molecule has 0 aliphatic rings. The van der Waals surface area contributed by atoms with Crippen molar-refractivity contribution in [2.24, 2.45) is 10.8 Å². The van der Waals surface area contributed by atoms with Crippen molar-refractivity contribution in [3.63, 3.8) is 0 Å². The van der Waals surface area contributed by atoms with Crippen LogP contribution in [0.5, 0.6) is 0 Å². The van der Waals surface area contributed by atoms with E-state index in [4.69, 9.17) is 0 Å². The predicted octanol–water partition coefficient (Wildman–Crippen LogP) is 5.24. The highest BCUT2D eigenvalue weighted by atomic mass is 79.9. The SMILES string of the molecule is Cc1[nH]c(C(=O)N(C)c2ccc(Br)cc2)c(CC(C)(C)C(=O)O)c1C(=O)C(C)(C)C. The Bertz CT molecular complexity index is 982. The molecule has 0 saturated heterocycles. The van der Waals surface area contributed by atoms with Crippen molar-refractivity contribution in [3.8, 4) is 0 Å². The van der Waals surface area contributed by atoms with Gasteiger partial charge in [0.2, 0.25) is 0 Å². The van der Waals surface area contributed by atoms with Gasteiger partial charge in [-0.2, -0.15) is 0 Å². The van der Waals surface area contributed by atoms with Crippen molar-refractivity contribution in [2.45, 2.75) is 48.0 Å². The Morgan fingerprint density at radius 2 is 1.60 bits per heavy atom. The first kappa shape index (κ1) is 23.9. The van der Waals surface area contributed by atoms with Crippen LogP contribution in [0.25, 0.3) is 0 Å². The van der Waals surface area contributed by atoms with E-state index < -0.39 is 16.8 Å². The number of carboxylic acid groups (broad SMARTS) is 1. The first-order chi connectivity index (χ1) is 13.7. The van der Waals surface area contributed by atoms with Crippen LogP contribution >= 0.6 is 15.9 Å². The molecule has 0 aliphatic heterocycles. The largest absolute Gasteiger partial charge is 0.481 e. The number of amides is 1. The standard InChI is InChI=1S/C23H29BrN2O4/c1-13-17(19(27)22(2,3)4)16(12-23(5,6)21(29)30)18(25-13)20(28)26(7)15-10-8-14(24)9-11-15/h8-11,25H,12H2,1-7H3,(H,29,30). The number of carbonyl (C=O) groups excluding carboxylic acids is 2. The van der Waals surface area contributed by atoms with Gasteiger partial charge >= 0.3 is 5.97 Å². The van der Waals surface area contributed by atoms with Crippen LogP contribution in [0.2, 0.25) is 0 Å². The number of nitrogens with one attached hydrogen (secondary N) is 1. The Kier molecular flexibility index (Phi) is 6.66. The van der Waals surface area contributed by atoms with Gasteiger partial charge in [-0.25, -0.2) is 0 Å². The fraction of sp³-hybridized carbons (Fsp3) is 0.435. The lowest BCUT2D eigenvalue weighted by molar-refractivity contribution is -0.146. The minimum Gasteiger partial charge on any atom is -0.481 e. The Balaban J connectivity index is 2.63. The summed E-state index contributed by atoms with van der Waals surface area (Å²) < 4.78 is 0.893. The van der Waals surface area contributed by atoms with E-state index >= 15 is 0 Å². The van der Waals surface area contributed by atoms with Crippen molar-refractivity contribution in [1.82, 2.24) is 4.98 Å². The van der Waals surface area contributed by atoms with E-state index in [1.54, 1.807) is 40.0 Å². The summed E-state index contributed by atoms with van der Waals surface area (Å²) in [5.74, 6) is -1.45. The van der Waals surface area contributed by atoms with Gasteiger partial charge in [0.1, 0.15) is 5.69 Å². The maximum Gasteiger partial charge on any atom is 0.309 e. The van der Waals surface area contributed by atoms with Gasteiger partial charge in [-0.15, -0.1) is 0 Å². The first-order valence-electron chi connectivity index (χ1n) is 9.70. The zero-order valence-corrected chi connectivity index (χ0v) is 20.1. The number of H-pyrrole nitrogens is 1. The van der Waals surface area contributed by atoms with Gasteiger partial charge < -0.3 is 15.0 Å². The topological polar surface area (TPSA) is 90.5 Å². The highest BCUT2D eigenvalue weighted by Crippen LogP contribution is 2.33. The first-order valence-corrected chi connectivity index (χ1v) is 10.5. The van der Waals surface area contributed by atoms with Crippen LogP contribution in [0.1, 0.15) is 66.7 Å². The number of aromatic nitrogens is 1. The summed E-state index contributed by atoms with van der Waals surface area (Å²) in [4.78, 5) is 42.9. The minimum atomic E-state index is -1.15. The molecule has 2 rings (SSSR count). The molecule has 1 amide bonds. The third kappa shape index (κ3) is 4.83. The van der Waals surface area contributed by atoms with Gasteiger partial charge in [0.05, 0.1) is 5.41 Å². The monoisotopic (exact) mass is 476 g/mol. The number of rotatable bonds is 6. The van der Waals surface area contributed by atoms with Crippen LogP contribution in [0, 0.1) is 17.8 Å². The quantitative estimate of drug-likeness (QED) is 0.557. The van der Waals surface area contributed by atoms with Crippen molar-refractivity contribution in [3.05, 3.63) is 51.3 Å². The number of carbonyl (C=O) groups is 3. The Labute approximate surface area is 185 Å². The number of nitrogens with zero attached hydrogens (tertiary/aromatic N) is 1. The second-order valence-corrected chi connectivity index (χ2v) is 10.2. The van der Waals surface area contributed by atoms with Crippen LogP contribution in [0.15, 0.2) is 28.7 Å². The zero-order valence-electron chi connectivity index (χ0n) is 18.5. The normalized spacial score (nSPS) is 12.0. The molecule has 0 fully saturated rings. The van der Waals surface area contributed by atoms with Gasteiger partial charge in [-0.05, 0) is 57.0 Å². The van der Waals surface area contributed by atoms with E-state index in [0.717, 1.165) is 4.47 Å². The fourth-order valence-corrected chi connectivity index (χ4v) is 3.45. The number of aryl methyl sites for hydroxylation is 1. The molecular formula is C23H29BrN2O4. The number of aliphatic carboxylic acids is 1. The number of Topliss-reactive ketones (excluding diaryl/α,β-unsaturated/α-hetero) is 1. The molecule has 1 aromatic carbocycles. The molecule has 2 aromatic rings. The molecule has 162 valence electrons. The molecule has 0 radical (unpaired) electrons. The van der Waals surface area contributed by atoms with Crippen LogP contribution < -0.4 is 4.90 Å². The summed E-state index contributed by atoms with van der Waals surface area (Å²) in [6, 6.07) is 7.28. The van der Waals surface area contributed by atoms with Gasteiger partial charge in [-0.3, -0.25) is 14.4 Å². The average molecular weight is 477 g/mol. The zero-order chi connectivity index (χ0) is 23.0. The number of aromatic amines is 1. The number of hydrogen-bond donors (Lipinski definition) is 2. The molecule has 0 bridgehead atoms. The number of carboxylic acids is 1. The van der Waals surface area contributed by atoms with E-state index in [0.29, 0.717) is 22.5 Å². The molecule has 0 spiro atoms. The van der Waals surface area contributed by atoms with Gasteiger partial charge in [-0.1, -0.05) is 36.7 Å². The molecule has 30 heavy (non-hydrogen) atoms. The second-order valence-electron chi connectivity index (χ2n) is 9.26. The summed E-state index contributed by atoms with van der Waals surface area (Å²) in [7, 11) is 1.65. The molecule has 7 heteroatoms. The predicted molar refractivity (Wildman–Crippen MR) is 121 cm³/mol. The number of halogens is 1. The summed E-state index contributed by atoms with van der Waals surface area (Å²) >= 11 is 3.38. The molecule has 0 saturated carbocycles. The van der Waals surface area contributed by atoms with Crippen molar-refractivity contribution in [1.29, 1.82) is 0 Å². The average Bonchev–Trinajstić information content (AvgIpc) is 2.94. The summed E-state index contributed by atoms with van der Waals surface area (Å²) in [5, 5.41) is 9.65. The highest BCUT2D eigenvalue weighted by Gasteiger charge is 2.37. The van der Waals surface area contributed by atoms with E-state index in [-0.39, 0.29) is 23.8 Å². The Morgan fingerprint density at radius 3 is 2.07 bits per heavy atom. The van der Waals surface area contributed by atoms with Gasteiger partial charge in [0, 0.05) is 33.9 Å². The minimum absolute atomic E-state index is 0.0546. The smallest absolute Gasteiger partial charge is 0.309 e. The van der Waals surface area contributed by atoms with Crippen molar-refractivity contribution in [2.75, 3.05) is 11.9 Å². The Hall–Kier alpha value is -2.41. The van der Waals surface area contributed by atoms with Crippen LogP contribution in [-0.4, -0.2) is 34.8 Å². The molecule has 1 aromatic heterocycles. The lowest BCUT2D eigenvalue weighted by Crippen LogP contribution is -2.31. The van der Waals surface area contributed by atoms with Crippen molar-refractivity contribution < 1.29 is 19.5 Å². The van der Waals surface area contributed by atoms with Crippen molar-refractivity contribution >= 4 is 39.3 Å². The second kappa shape index (κ2) is 8.38. The molecule has 0 unspecified atom stereocenters. The van der Waals surface area contributed by atoms with E-state index in [1.165, 1.54) is 4.90 Å². The maximum atomic E-state index is 13.4. The lowest BCUT2D eigenvalue weighted by Gasteiger charge is -2.24. The third-order valence-electron chi connectivity index (χ3n) is 5.13. The molecule has 0 aliphatic carbocycles. The molecule has 6 nitrogen and oxygen atoms in total. The third-order valence-corrected chi connectivity index (χ3v) is 5.66. The summed E-state index contributed by atoms with van der Waals surface area (Å²) in [6.07, 6.45) is 0.0546. The van der Waals surface area contributed by atoms with Gasteiger partial charge in [0.25, 0.3) is 5.91 Å². The van der Waals surface area contributed by atoms with Crippen LogP contribution in [0.3, 0.4) is 0 Å². The molecule has 0 atom stereocenters. The number of hydrogen-bond acceptors (Lipinski definition) is 3. The van der Waals surface area contributed by atoms with E-state index in [9.17, 15) is 19.5 Å². The van der Waals surface area contributed by atoms with Gasteiger partial charge in [0.15, 0.2) is 5.78 Å². The number of ketones is 1. The van der Waals surface area contributed by atoms with Crippen LogP contribution in [-0.2, 0) is 11.2 Å². The molecule has 2 N–H and O–H groups in total. The van der Waals surface area contributed by atoms with Crippen LogP contribution in [0.4, 0.5) is 5.69 Å². The fourth-order valence-electron chi connectivity index (χ4n) is 3.19. The van der Waals surface area contributed by atoms with E-state index in [1.807, 2.05) is 32.9 Å². The maximum absolute atomic E-state index is 13.4. The number of benzene rings is 1. The molecular weight excluding hydrogens is 448 g/mol.